The molecule has 0 aliphatic carbocycles. The fourth-order valence-electron chi connectivity index (χ4n) is 1.83. The first-order valence-corrected chi connectivity index (χ1v) is 7.12. The van der Waals surface area contributed by atoms with Crippen LogP contribution in [0.5, 0.6) is 0 Å². The third-order valence-corrected chi connectivity index (χ3v) is 3.11. The molecule has 0 aliphatic rings. The number of hydrogen-bond donors (Lipinski definition) is 2. The predicted octanol–water partition coefficient (Wildman–Crippen LogP) is 2.71. The number of nitrogens with zero attached hydrogens (tertiary/aromatic N) is 1. The molecule has 1 atom stereocenters. The van der Waals surface area contributed by atoms with Gasteiger partial charge in [-0.2, -0.15) is 0 Å². The van der Waals surface area contributed by atoms with Gasteiger partial charge in [0, 0.05) is 6.54 Å². The maximum Gasteiger partial charge on any atom is 0.308 e. The van der Waals surface area contributed by atoms with Crippen LogP contribution in [0.4, 0.5) is 0 Å². The average Bonchev–Trinajstić information content (AvgIpc) is 2.32. The number of hydrogen-bond acceptors (Lipinski definition) is 3. The first kappa shape index (κ1) is 16.6. The summed E-state index contributed by atoms with van der Waals surface area (Å²) in [4.78, 5) is 27.1. The molecular formula is C14H19BrN2O3. The number of rotatable bonds is 5. The smallest absolute Gasteiger partial charge is 0.308 e. The van der Waals surface area contributed by atoms with Gasteiger partial charge in [0.1, 0.15) is 10.3 Å². The topological polar surface area (TPSA) is 79.3 Å². The van der Waals surface area contributed by atoms with Crippen molar-refractivity contribution in [2.45, 2.75) is 27.2 Å². The van der Waals surface area contributed by atoms with E-state index in [1.165, 1.54) is 0 Å². The van der Waals surface area contributed by atoms with Gasteiger partial charge < -0.3 is 10.4 Å². The van der Waals surface area contributed by atoms with Crippen molar-refractivity contribution in [2.75, 3.05) is 6.54 Å². The van der Waals surface area contributed by atoms with Crippen molar-refractivity contribution in [3.8, 4) is 0 Å². The first-order chi connectivity index (χ1) is 9.19. The lowest BCUT2D eigenvalue weighted by Crippen LogP contribution is -2.35. The van der Waals surface area contributed by atoms with Crippen LogP contribution in [0.3, 0.4) is 0 Å². The van der Waals surface area contributed by atoms with Crippen LogP contribution in [0.25, 0.3) is 0 Å². The molecule has 20 heavy (non-hydrogen) atoms. The minimum absolute atomic E-state index is 0.0969. The largest absolute Gasteiger partial charge is 0.481 e. The van der Waals surface area contributed by atoms with Gasteiger partial charge >= 0.3 is 5.97 Å². The van der Waals surface area contributed by atoms with E-state index in [0.29, 0.717) is 11.0 Å². The molecule has 0 radical (unpaired) electrons. The standard InChI is InChI=1S/C14H19BrN2O3/c1-14(2,3)7-9(13(19)20)8-16-12(18)10-5-4-6-11(15)17-10/h4-6,9H,7-8H2,1-3H3,(H,16,18)(H,19,20). The molecular weight excluding hydrogens is 324 g/mol. The number of pyridine rings is 1. The normalized spacial score (nSPS) is 12.8. The van der Waals surface area contributed by atoms with E-state index >= 15 is 0 Å². The number of carboxylic acid groups (broad SMARTS) is 1. The highest BCUT2D eigenvalue weighted by Crippen LogP contribution is 2.24. The second kappa shape index (κ2) is 6.83. The van der Waals surface area contributed by atoms with Crippen LogP contribution in [-0.4, -0.2) is 28.5 Å². The lowest BCUT2D eigenvalue weighted by atomic mass is 9.84. The Labute approximate surface area is 126 Å². The minimum atomic E-state index is -0.901. The zero-order chi connectivity index (χ0) is 15.3. The highest BCUT2D eigenvalue weighted by atomic mass is 79.9. The van der Waals surface area contributed by atoms with Gasteiger partial charge in [0.25, 0.3) is 5.91 Å². The number of nitrogens with one attached hydrogen (secondary N) is 1. The monoisotopic (exact) mass is 342 g/mol. The Balaban J connectivity index is 2.64. The molecule has 1 rings (SSSR count). The highest BCUT2D eigenvalue weighted by molar-refractivity contribution is 9.10. The van der Waals surface area contributed by atoms with Crippen molar-refractivity contribution < 1.29 is 14.7 Å². The van der Waals surface area contributed by atoms with Gasteiger partial charge in [-0.3, -0.25) is 9.59 Å². The summed E-state index contributed by atoms with van der Waals surface area (Å²) in [6, 6.07) is 5.01. The predicted molar refractivity (Wildman–Crippen MR) is 79.5 cm³/mol. The Morgan fingerprint density at radius 3 is 2.55 bits per heavy atom. The molecule has 5 nitrogen and oxygen atoms in total. The molecule has 1 amide bonds. The summed E-state index contributed by atoms with van der Waals surface area (Å²) >= 11 is 3.19. The van der Waals surface area contributed by atoms with E-state index in [2.05, 4.69) is 26.2 Å². The lowest BCUT2D eigenvalue weighted by Gasteiger charge is -2.23. The van der Waals surface area contributed by atoms with Gasteiger partial charge in [0.2, 0.25) is 0 Å². The van der Waals surface area contributed by atoms with Gasteiger partial charge in [-0.15, -0.1) is 0 Å². The van der Waals surface area contributed by atoms with E-state index in [1.54, 1.807) is 18.2 Å². The average molecular weight is 343 g/mol. The Morgan fingerprint density at radius 2 is 2.05 bits per heavy atom. The summed E-state index contributed by atoms with van der Waals surface area (Å²) in [6.07, 6.45) is 0.495. The highest BCUT2D eigenvalue weighted by Gasteiger charge is 2.25. The zero-order valence-corrected chi connectivity index (χ0v) is 13.4. The second-order valence-electron chi connectivity index (χ2n) is 5.86. The molecule has 0 aliphatic heterocycles. The Hall–Kier alpha value is -1.43. The molecule has 110 valence electrons. The molecule has 1 unspecified atom stereocenters. The van der Waals surface area contributed by atoms with Crippen molar-refractivity contribution in [3.63, 3.8) is 0 Å². The Bertz CT molecular complexity index is 497. The minimum Gasteiger partial charge on any atom is -0.481 e. The number of aromatic nitrogens is 1. The fraction of sp³-hybridized carbons (Fsp3) is 0.500. The molecule has 0 aromatic carbocycles. The summed E-state index contributed by atoms with van der Waals surface area (Å²) in [5.41, 5.74) is 0.154. The summed E-state index contributed by atoms with van der Waals surface area (Å²) in [6.45, 7) is 6.02. The summed E-state index contributed by atoms with van der Waals surface area (Å²) in [7, 11) is 0. The molecule has 0 saturated heterocycles. The maximum absolute atomic E-state index is 11.9. The molecule has 0 saturated carbocycles. The van der Waals surface area contributed by atoms with Crippen LogP contribution in [-0.2, 0) is 4.79 Å². The molecule has 1 aromatic heterocycles. The maximum atomic E-state index is 11.9. The van der Waals surface area contributed by atoms with E-state index in [0.717, 1.165) is 0 Å². The molecule has 6 heteroatoms. The molecule has 1 aromatic rings. The molecule has 2 N–H and O–H groups in total. The van der Waals surface area contributed by atoms with Gasteiger partial charge in [0.15, 0.2) is 0 Å². The SMILES string of the molecule is CC(C)(C)CC(CNC(=O)c1cccc(Br)n1)C(=O)O. The van der Waals surface area contributed by atoms with Crippen molar-refractivity contribution in [2.24, 2.45) is 11.3 Å². The van der Waals surface area contributed by atoms with E-state index in [4.69, 9.17) is 0 Å². The number of carbonyl (C=O) groups is 2. The van der Waals surface area contributed by atoms with E-state index in [-0.39, 0.29) is 23.6 Å². The van der Waals surface area contributed by atoms with Crippen LogP contribution in [0, 0.1) is 11.3 Å². The van der Waals surface area contributed by atoms with Crippen LogP contribution in [0.15, 0.2) is 22.8 Å². The molecule has 0 fully saturated rings. The zero-order valence-electron chi connectivity index (χ0n) is 11.8. The van der Waals surface area contributed by atoms with Crippen molar-refractivity contribution in [1.29, 1.82) is 0 Å². The Kier molecular flexibility index (Phi) is 5.68. The lowest BCUT2D eigenvalue weighted by molar-refractivity contribution is -0.142. The third kappa shape index (κ3) is 5.69. The number of carbonyl (C=O) groups excluding carboxylic acids is 1. The van der Waals surface area contributed by atoms with Crippen molar-refractivity contribution in [1.82, 2.24) is 10.3 Å². The van der Waals surface area contributed by atoms with Gasteiger partial charge in [-0.1, -0.05) is 26.8 Å². The first-order valence-electron chi connectivity index (χ1n) is 6.32. The molecule has 0 bridgehead atoms. The van der Waals surface area contributed by atoms with Crippen LogP contribution < -0.4 is 5.32 Å². The second-order valence-corrected chi connectivity index (χ2v) is 6.67. The van der Waals surface area contributed by atoms with Crippen LogP contribution in [0.1, 0.15) is 37.7 Å². The number of aliphatic carboxylic acids is 1. The summed E-state index contributed by atoms with van der Waals surface area (Å²) in [5, 5.41) is 11.8. The fourth-order valence-corrected chi connectivity index (χ4v) is 2.17. The van der Waals surface area contributed by atoms with E-state index < -0.39 is 11.9 Å². The van der Waals surface area contributed by atoms with E-state index in [1.807, 2.05) is 20.8 Å². The quantitative estimate of drug-likeness (QED) is 0.806. The van der Waals surface area contributed by atoms with Gasteiger partial charge in [-0.05, 0) is 39.9 Å². The number of halogens is 1. The number of amides is 1. The Morgan fingerprint density at radius 1 is 1.40 bits per heavy atom. The summed E-state index contributed by atoms with van der Waals surface area (Å²) in [5.74, 6) is -1.88. The molecule has 1 heterocycles. The number of carboxylic acids is 1. The van der Waals surface area contributed by atoms with Crippen LogP contribution >= 0.6 is 15.9 Å². The van der Waals surface area contributed by atoms with Crippen molar-refractivity contribution in [3.05, 3.63) is 28.5 Å². The third-order valence-electron chi connectivity index (χ3n) is 2.66. The summed E-state index contributed by atoms with van der Waals surface area (Å²) < 4.78 is 0.564. The van der Waals surface area contributed by atoms with E-state index in [9.17, 15) is 14.7 Å². The van der Waals surface area contributed by atoms with Gasteiger partial charge in [-0.25, -0.2) is 4.98 Å². The molecule has 0 spiro atoms. The van der Waals surface area contributed by atoms with Crippen LogP contribution in [0.2, 0.25) is 0 Å². The van der Waals surface area contributed by atoms with Gasteiger partial charge in [0.05, 0.1) is 5.92 Å². The van der Waals surface area contributed by atoms with Crippen molar-refractivity contribution >= 4 is 27.8 Å².